The van der Waals surface area contributed by atoms with Gasteiger partial charge in [0.1, 0.15) is 11.9 Å². The topological polar surface area (TPSA) is 111 Å². The largest absolute Gasteiger partial charge is 0.394 e. The summed E-state index contributed by atoms with van der Waals surface area (Å²) in [6, 6.07) is 0. The van der Waals surface area contributed by atoms with E-state index in [0.29, 0.717) is 4.47 Å². The molecule has 0 amide bonds. The summed E-state index contributed by atoms with van der Waals surface area (Å²) < 4.78 is 7.07. The monoisotopic (exact) mass is 383 g/mol. The molecule has 100 valence electrons. The molecule has 1 saturated heterocycles. The predicted octanol–water partition coefficient (Wildman–Crippen LogP) is -0.398. The minimum absolute atomic E-state index is 0.0830. The number of nitrogen functional groups attached to an aromatic ring is 1. The summed E-state index contributed by atoms with van der Waals surface area (Å²) in [7, 11) is 0. The number of aromatic nitrogens is 2. The van der Waals surface area contributed by atoms with Gasteiger partial charge >= 0.3 is 5.69 Å². The molecule has 0 unspecified atom stereocenters. The predicted molar refractivity (Wildman–Crippen MR) is 70.3 cm³/mol. The van der Waals surface area contributed by atoms with Crippen LogP contribution in [-0.4, -0.2) is 43.4 Å². The molecule has 1 aromatic heterocycles. The number of aliphatic hydroxyl groups is 2. The van der Waals surface area contributed by atoms with Crippen LogP contribution in [0.1, 0.15) is 6.23 Å². The highest BCUT2D eigenvalue weighted by Crippen LogP contribution is 2.34. The van der Waals surface area contributed by atoms with Crippen LogP contribution in [0.2, 0.25) is 0 Å². The minimum Gasteiger partial charge on any atom is -0.394 e. The Labute approximate surface area is 119 Å². The van der Waals surface area contributed by atoms with E-state index >= 15 is 0 Å². The molecule has 4 atom stereocenters. The molecule has 0 aromatic carbocycles. The standard InChI is InChI=1S/C9H11Br2N3O4/c10-3-1-14(9(17)13-7(3)12)8-5(11)6(16)4(2-15)18-8/h1,4-6,8,15-16H,2H2,(H2,12,13,17)/t4-,5-,6-,8-/m1/s1. The number of hydrogen-bond donors (Lipinski definition) is 3. The second kappa shape index (κ2) is 5.25. The Kier molecular flexibility index (Phi) is 4.07. The molecular formula is C9H11Br2N3O4. The van der Waals surface area contributed by atoms with Gasteiger partial charge in [0.2, 0.25) is 0 Å². The summed E-state index contributed by atoms with van der Waals surface area (Å²) in [6.45, 7) is -0.335. The van der Waals surface area contributed by atoms with Gasteiger partial charge < -0.3 is 20.7 Å². The average Bonchev–Trinajstić information content (AvgIpc) is 2.61. The molecule has 7 nitrogen and oxygen atoms in total. The SMILES string of the molecule is Nc1nc(=O)n([C@@H]2O[C@H](CO)[C@@H](O)[C@H]2Br)cc1Br. The third kappa shape index (κ3) is 2.32. The Hall–Kier alpha value is -0.480. The van der Waals surface area contributed by atoms with Gasteiger partial charge in [0, 0.05) is 6.20 Å². The summed E-state index contributed by atoms with van der Waals surface area (Å²) in [5.41, 5.74) is 4.90. The zero-order chi connectivity index (χ0) is 13.4. The van der Waals surface area contributed by atoms with Crippen LogP contribution in [0.4, 0.5) is 5.82 Å². The average molecular weight is 385 g/mol. The lowest BCUT2D eigenvalue weighted by atomic mass is 10.2. The molecule has 0 saturated carbocycles. The number of alkyl halides is 1. The summed E-state index contributed by atoms with van der Waals surface area (Å²) in [4.78, 5) is 14.8. The molecule has 0 aliphatic carbocycles. The number of hydrogen-bond acceptors (Lipinski definition) is 6. The van der Waals surface area contributed by atoms with E-state index in [4.69, 9.17) is 15.6 Å². The fraction of sp³-hybridized carbons (Fsp3) is 0.556. The highest BCUT2D eigenvalue weighted by molar-refractivity contribution is 9.10. The van der Waals surface area contributed by atoms with Crippen molar-refractivity contribution in [3.8, 4) is 0 Å². The number of aliphatic hydroxyl groups excluding tert-OH is 2. The first-order valence-electron chi connectivity index (χ1n) is 5.08. The molecule has 4 N–H and O–H groups in total. The van der Waals surface area contributed by atoms with Crippen molar-refractivity contribution in [1.82, 2.24) is 9.55 Å². The fourth-order valence-corrected chi connectivity index (χ4v) is 2.75. The molecular weight excluding hydrogens is 374 g/mol. The van der Waals surface area contributed by atoms with E-state index in [-0.39, 0.29) is 12.4 Å². The Morgan fingerprint density at radius 3 is 2.83 bits per heavy atom. The van der Waals surface area contributed by atoms with Crippen molar-refractivity contribution >= 4 is 37.7 Å². The van der Waals surface area contributed by atoms with E-state index in [1.54, 1.807) is 0 Å². The Balaban J connectivity index is 2.39. The Morgan fingerprint density at radius 2 is 2.28 bits per heavy atom. The van der Waals surface area contributed by atoms with E-state index in [1.165, 1.54) is 10.8 Å². The van der Waals surface area contributed by atoms with Gasteiger partial charge in [-0.2, -0.15) is 4.98 Å². The van der Waals surface area contributed by atoms with Crippen LogP contribution >= 0.6 is 31.9 Å². The van der Waals surface area contributed by atoms with Gasteiger partial charge in [-0.3, -0.25) is 4.57 Å². The van der Waals surface area contributed by atoms with E-state index < -0.39 is 29.0 Å². The lowest BCUT2D eigenvalue weighted by Crippen LogP contribution is -2.32. The van der Waals surface area contributed by atoms with Crippen molar-refractivity contribution in [2.75, 3.05) is 12.3 Å². The van der Waals surface area contributed by atoms with Crippen LogP contribution < -0.4 is 11.4 Å². The van der Waals surface area contributed by atoms with Gasteiger partial charge in [0.25, 0.3) is 0 Å². The number of anilines is 1. The zero-order valence-electron chi connectivity index (χ0n) is 9.03. The van der Waals surface area contributed by atoms with E-state index in [9.17, 15) is 9.90 Å². The molecule has 1 fully saturated rings. The van der Waals surface area contributed by atoms with Crippen LogP contribution in [0.15, 0.2) is 15.5 Å². The molecule has 2 rings (SSSR count). The van der Waals surface area contributed by atoms with Crippen LogP contribution in [0.3, 0.4) is 0 Å². The van der Waals surface area contributed by atoms with Gasteiger partial charge in [-0.05, 0) is 15.9 Å². The lowest BCUT2D eigenvalue weighted by Gasteiger charge is -2.17. The summed E-state index contributed by atoms with van der Waals surface area (Å²) >= 11 is 6.41. The molecule has 1 aliphatic heterocycles. The third-order valence-electron chi connectivity index (χ3n) is 2.68. The van der Waals surface area contributed by atoms with Gasteiger partial charge in [-0.15, -0.1) is 0 Å². The first kappa shape index (κ1) is 13.9. The Morgan fingerprint density at radius 1 is 1.61 bits per heavy atom. The Bertz CT molecular complexity index is 509. The van der Waals surface area contributed by atoms with Crippen molar-refractivity contribution < 1.29 is 14.9 Å². The first-order chi connectivity index (χ1) is 8.45. The number of nitrogens with two attached hydrogens (primary N) is 1. The maximum absolute atomic E-state index is 11.7. The van der Waals surface area contributed by atoms with Crippen molar-refractivity contribution in [3.63, 3.8) is 0 Å². The van der Waals surface area contributed by atoms with Crippen molar-refractivity contribution in [1.29, 1.82) is 0 Å². The number of ether oxygens (including phenoxy) is 1. The van der Waals surface area contributed by atoms with Crippen LogP contribution in [0.25, 0.3) is 0 Å². The molecule has 9 heteroatoms. The maximum Gasteiger partial charge on any atom is 0.351 e. The molecule has 0 radical (unpaired) electrons. The molecule has 0 bridgehead atoms. The number of rotatable bonds is 2. The second-order valence-corrected chi connectivity index (χ2v) is 5.76. The van der Waals surface area contributed by atoms with Gasteiger partial charge in [-0.25, -0.2) is 4.79 Å². The minimum atomic E-state index is -0.914. The normalized spacial score (nSPS) is 31.8. The molecule has 18 heavy (non-hydrogen) atoms. The number of halogens is 2. The van der Waals surface area contributed by atoms with Gasteiger partial charge in [0.15, 0.2) is 6.23 Å². The first-order valence-corrected chi connectivity index (χ1v) is 6.79. The van der Waals surface area contributed by atoms with Crippen LogP contribution in [0, 0.1) is 0 Å². The van der Waals surface area contributed by atoms with Crippen molar-refractivity contribution in [2.24, 2.45) is 0 Å². The lowest BCUT2D eigenvalue weighted by molar-refractivity contribution is -0.0456. The van der Waals surface area contributed by atoms with Crippen LogP contribution in [0.5, 0.6) is 0 Å². The summed E-state index contributed by atoms with van der Waals surface area (Å²) in [5.74, 6) is 0.0830. The van der Waals surface area contributed by atoms with Gasteiger partial charge in [-0.1, -0.05) is 15.9 Å². The summed E-state index contributed by atoms with van der Waals surface area (Å²) in [5, 5.41) is 18.8. The quantitative estimate of drug-likeness (QED) is 0.598. The maximum atomic E-state index is 11.7. The van der Waals surface area contributed by atoms with E-state index in [0.717, 1.165) is 0 Å². The highest BCUT2D eigenvalue weighted by atomic mass is 79.9. The molecule has 1 aromatic rings. The molecule has 2 heterocycles. The van der Waals surface area contributed by atoms with Crippen LogP contribution in [-0.2, 0) is 4.74 Å². The zero-order valence-corrected chi connectivity index (χ0v) is 12.2. The summed E-state index contributed by atoms with van der Waals surface area (Å²) in [6.07, 6.45) is -0.976. The highest BCUT2D eigenvalue weighted by Gasteiger charge is 2.43. The molecule has 1 aliphatic rings. The number of nitrogens with zero attached hydrogens (tertiary/aromatic N) is 2. The second-order valence-electron chi connectivity index (χ2n) is 3.85. The smallest absolute Gasteiger partial charge is 0.351 e. The van der Waals surface area contributed by atoms with E-state index in [1.807, 2.05) is 0 Å². The van der Waals surface area contributed by atoms with E-state index in [2.05, 4.69) is 36.8 Å². The van der Waals surface area contributed by atoms with Crippen molar-refractivity contribution in [3.05, 3.63) is 21.2 Å². The van der Waals surface area contributed by atoms with Crippen molar-refractivity contribution in [2.45, 2.75) is 23.3 Å². The van der Waals surface area contributed by atoms with Gasteiger partial charge in [0.05, 0.1) is 22.0 Å². The fourth-order valence-electron chi connectivity index (χ4n) is 1.72. The third-order valence-corrected chi connectivity index (χ3v) is 4.29. The molecule has 0 spiro atoms.